The molecule has 0 amide bonds. The van der Waals surface area contributed by atoms with Gasteiger partial charge in [-0.3, -0.25) is 0 Å². The van der Waals surface area contributed by atoms with Gasteiger partial charge in [-0.25, -0.2) is 13.1 Å². The molecule has 0 unspecified atom stereocenters. The fourth-order valence-corrected chi connectivity index (χ4v) is 7.10. The van der Waals surface area contributed by atoms with Crippen LogP contribution in [0, 0.1) is 11.3 Å². The van der Waals surface area contributed by atoms with E-state index < -0.39 is 39.3 Å². The number of nitriles is 1. The average molecular weight is 586 g/mol. The lowest BCUT2D eigenvalue weighted by Crippen LogP contribution is -2.56. The Hall–Kier alpha value is -2.86. The van der Waals surface area contributed by atoms with Gasteiger partial charge in [-0.1, -0.05) is 18.2 Å². The van der Waals surface area contributed by atoms with Gasteiger partial charge >= 0.3 is 0 Å². The molecule has 5 rings (SSSR count). The van der Waals surface area contributed by atoms with Crippen LogP contribution in [0.1, 0.15) is 11.8 Å². The summed E-state index contributed by atoms with van der Waals surface area (Å²) >= 11 is 1.39. The first-order chi connectivity index (χ1) is 19.2. The highest BCUT2D eigenvalue weighted by atomic mass is 32.2. The molecule has 12 heteroatoms. The van der Waals surface area contributed by atoms with Crippen LogP contribution in [0.3, 0.4) is 0 Å². The van der Waals surface area contributed by atoms with Crippen molar-refractivity contribution in [3.8, 4) is 16.5 Å². The molecule has 0 radical (unpaired) electrons. The Morgan fingerprint density at radius 2 is 1.80 bits per heavy atom. The Balaban J connectivity index is 1.33. The van der Waals surface area contributed by atoms with Crippen molar-refractivity contribution < 1.29 is 33.2 Å². The van der Waals surface area contributed by atoms with Crippen molar-refractivity contribution in [3.63, 3.8) is 0 Å². The minimum absolute atomic E-state index is 0.244. The monoisotopic (exact) mass is 585 g/mol. The summed E-state index contributed by atoms with van der Waals surface area (Å²) in [5.74, 6) is 0. The average Bonchev–Trinajstić information content (AvgIpc) is 3.46. The summed E-state index contributed by atoms with van der Waals surface area (Å²) in [6, 6.07) is 18.1. The molecule has 4 atom stereocenters. The molecule has 0 saturated carbocycles. The molecule has 1 aromatic heterocycles. The van der Waals surface area contributed by atoms with E-state index in [2.05, 4.69) is 40.0 Å². The number of ether oxygens (including phenoxy) is 2. The number of thiophene rings is 1. The summed E-state index contributed by atoms with van der Waals surface area (Å²) in [5.41, 5.74) is 2.45. The molecule has 0 bridgehead atoms. The first-order valence-electron chi connectivity index (χ1n) is 12.9. The molecule has 212 valence electrons. The van der Waals surface area contributed by atoms with E-state index in [4.69, 9.17) is 9.47 Å². The van der Waals surface area contributed by atoms with Gasteiger partial charge in [-0.15, -0.1) is 11.3 Å². The van der Waals surface area contributed by atoms with Crippen LogP contribution in [0.5, 0.6) is 0 Å². The van der Waals surface area contributed by atoms with E-state index in [0.29, 0.717) is 10.5 Å². The molecule has 40 heavy (non-hydrogen) atoms. The number of morpholine rings is 1. The topological polar surface area (TPSA) is 152 Å². The second kappa shape index (κ2) is 11.9. The molecule has 2 aliphatic heterocycles. The van der Waals surface area contributed by atoms with Gasteiger partial charge in [0.25, 0.3) is 10.0 Å². The van der Waals surface area contributed by atoms with Crippen LogP contribution in [-0.2, 0) is 19.5 Å². The van der Waals surface area contributed by atoms with Crippen molar-refractivity contribution in [2.24, 2.45) is 0 Å². The van der Waals surface area contributed by atoms with Crippen LogP contribution < -0.4 is 9.62 Å². The molecular formula is C28H31N3O7S2. The number of nitrogens with one attached hydrogen (secondary N) is 1. The maximum absolute atomic E-state index is 13.0. The molecule has 2 aliphatic rings. The van der Waals surface area contributed by atoms with E-state index in [1.807, 2.05) is 12.1 Å². The summed E-state index contributed by atoms with van der Waals surface area (Å²) in [6.45, 7) is 4.15. The zero-order valence-corrected chi connectivity index (χ0v) is 23.5. The number of nitrogens with zero attached hydrogens (tertiary/aromatic N) is 2. The number of aliphatic hydroxyl groups excluding tert-OH is 3. The molecule has 2 saturated heterocycles. The van der Waals surface area contributed by atoms with Gasteiger partial charge in [-0.05, 0) is 59.2 Å². The molecule has 4 N–H and O–H groups in total. The number of sulfonamides is 1. The largest absolute Gasteiger partial charge is 0.388 e. The number of hydrogen-bond acceptors (Lipinski definition) is 10. The van der Waals surface area contributed by atoms with Crippen molar-refractivity contribution in [1.29, 1.82) is 5.26 Å². The molecule has 10 nitrogen and oxygen atoms in total. The fraction of sp³-hybridized carbons (Fsp3) is 0.393. The van der Waals surface area contributed by atoms with Crippen LogP contribution in [0.15, 0.2) is 53.4 Å². The number of hydrogen-bond donors (Lipinski definition) is 4. The predicted molar refractivity (Wildman–Crippen MR) is 153 cm³/mol. The highest BCUT2D eigenvalue weighted by Crippen LogP contribution is 2.35. The SMILES string of the molecule is C/C(=C(/C#N)S(=O)(=O)NC[C@H]1OC[C@H](O)[C@@H](O)[C@@H]1O)c1ccc(-c2ccc3cc(N4CCOCC4)ccc3c2)s1. The Morgan fingerprint density at radius 1 is 1.07 bits per heavy atom. The van der Waals surface area contributed by atoms with Crippen LogP contribution in [-0.4, -0.2) is 87.6 Å². The van der Waals surface area contributed by atoms with Gasteiger partial charge < -0.3 is 29.7 Å². The number of allylic oxidation sites excluding steroid dienone is 2. The zero-order chi connectivity index (χ0) is 28.4. The molecule has 2 aromatic carbocycles. The highest BCUT2D eigenvalue weighted by Gasteiger charge is 2.38. The fourth-order valence-electron chi connectivity index (χ4n) is 4.87. The normalized spacial score (nSPS) is 24.5. The first kappa shape index (κ1) is 28.7. The third-order valence-corrected chi connectivity index (χ3v) is 9.99. The van der Waals surface area contributed by atoms with Crippen LogP contribution in [0.2, 0.25) is 0 Å². The van der Waals surface area contributed by atoms with E-state index in [9.17, 15) is 29.0 Å². The minimum atomic E-state index is -4.24. The summed E-state index contributed by atoms with van der Waals surface area (Å²) in [4.78, 5) is 3.43. The van der Waals surface area contributed by atoms with Crippen molar-refractivity contribution in [3.05, 3.63) is 58.3 Å². The smallest absolute Gasteiger partial charge is 0.251 e. The van der Waals surface area contributed by atoms with E-state index in [1.165, 1.54) is 17.0 Å². The first-order valence-corrected chi connectivity index (χ1v) is 15.2. The zero-order valence-electron chi connectivity index (χ0n) is 21.9. The summed E-state index contributed by atoms with van der Waals surface area (Å²) < 4.78 is 39.0. The molecule has 2 fully saturated rings. The Kier molecular flexibility index (Phi) is 8.55. The van der Waals surface area contributed by atoms with Crippen LogP contribution in [0.4, 0.5) is 5.69 Å². The maximum Gasteiger partial charge on any atom is 0.251 e. The Bertz CT molecular complexity index is 1560. The summed E-state index contributed by atoms with van der Waals surface area (Å²) in [5, 5.41) is 41.5. The molecular weight excluding hydrogens is 554 g/mol. The minimum Gasteiger partial charge on any atom is -0.388 e. The standard InChI is InChI=1S/C28H31N3O7S2/c1-17(26(14-29)40(35,36)30-15-23-28(34)27(33)22(32)16-38-23)24-6-7-25(39-24)20-3-2-19-13-21(5-4-18(19)12-20)31-8-10-37-11-9-31/h2-7,12-13,22-23,27-28,30,32-34H,8-11,15-16H2,1H3/b26-17+/t22-,23+,27+,28+/m0/s1. The van der Waals surface area contributed by atoms with Crippen molar-refractivity contribution in [1.82, 2.24) is 4.72 Å². The van der Waals surface area contributed by atoms with E-state index >= 15 is 0 Å². The van der Waals surface area contributed by atoms with Gasteiger partial charge in [0.15, 0.2) is 4.91 Å². The van der Waals surface area contributed by atoms with E-state index in [0.717, 1.165) is 47.5 Å². The number of rotatable bonds is 7. The quantitative estimate of drug-likeness (QED) is 0.305. The Morgan fingerprint density at radius 3 is 2.55 bits per heavy atom. The van der Waals surface area contributed by atoms with Gasteiger partial charge in [0.2, 0.25) is 0 Å². The predicted octanol–water partition coefficient (Wildman–Crippen LogP) is 2.06. The van der Waals surface area contributed by atoms with Gasteiger partial charge in [0.1, 0.15) is 24.4 Å². The molecule has 0 aliphatic carbocycles. The lowest BCUT2D eigenvalue weighted by atomic mass is 10.0. The second-order valence-corrected chi connectivity index (χ2v) is 12.6. The van der Waals surface area contributed by atoms with Crippen molar-refractivity contribution >= 4 is 43.4 Å². The number of anilines is 1. The van der Waals surface area contributed by atoms with E-state index in [1.54, 1.807) is 19.1 Å². The molecule has 0 spiro atoms. The van der Waals surface area contributed by atoms with Crippen molar-refractivity contribution in [2.75, 3.05) is 44.4 Å². The van der Waals surface area contributed by atoms with Crippen LogP contribution in [0.25, 0.3) is 26.8 Å². The third-order valence-electron chi connectivity index (χ3n) is 7.25. The Labute approximate surface area is 236 Å². The third kappa shape index (κ3) is 5.93. The van der Waals surface area contributed by atoms with E-state index in [-0.39, 0.29) is 13.2 Å². The lowest BCUT2D eigenvalue weighted by molar-refractivity contribution is -0.184. The highest BCUT2D eigenvalue weighted by molar-refractivity contribution is 7.93. The molecule has 3 heterocycles. The van der Waals surface area contributed by atoms with Gasteiger partial charge in [0, 0.05) is 35.1 Å². The number of fused-ring (bicyclic) bond motifs is 1. The maximum atomic E-state index is 13.0. The number of aliphatic hydroxyl groups is 3. The summed E-state index contributed by atoms with van der Waals surface area (Å²) in [7, 11) is -4.24. The lowest BCUT2D eigenvalue weighted by Gasteiger charge is -2.35. The van der Waals surface area contributed by atoms with Crippen LogP contribution >= 0.6 is 11.3 Å². The van der Waals surface area contributed by atoms with Crippen molar-refractivity contribution in [2.45, 2.75) is 31.3 Å². The molecule has 3 aromatic rings. The second-order valence-electron chi connectivity index (χ2n) is 9.85. The van der Waals surface area contributed by atoms with Gasteiger partial charge in [0.05, 0.1) is 25.9 Å². The number of benzene rings is 2. The summed E-state index contributed by atoms with van der Waals surface area (Å²) in [6.07, 6.45) is -5.26. The van der Waals surface area contributed by atoms with Gasteiger partial charge in [-0.2, -0.15) is 5.26 Å².